The Morgan fingerprint density at radius 2 is 2.00 bits per heavy atom. The molecule has 0 heterocycles. The molecule has 0 amide bonds. The molecule has 0 bridgehead atoms. The summed E-state index contributed by atoms with van der Waals surface area (Å²) in [4.78, 5) is 16.9. The van der Waals surface area contributed by atoms with Crippen molar-refractivity contribution in [2.75, 3.05) is 0 Å². The lowest BCUT2D eigenvalue weighted by Crippen LogP contribution is -1.86. The predicted molar refractivity (Wildman–Crippen MR) is 29.6 cm³/mol. The highest BCUT2D eigenvalue weighted by Crippen LogP contribution is 2.57. The van der Waals surface area contributed by atoms with Crippen LogP contribution in [0, 0.1) is 5.92 Å². The molecule has 48 valence electrons. The zero-order chi connectivity index (χ0) is 6.36. The smallest absolute Gasteiger partial charge is 0.324 e. The normalized spacial score (nSPS) is 37.4. The third kappa shape index (κ3) is 1.10. The van der Waals surface area contributed by atoms with E-state index in [2.05, 4.69) is 0 Å². The van der Waals surface area contributed by atoms with E-state index < -0.39 is 7.60 Å². The first kappa shape index (κ1) is 6.27. The molecule has 3 nitrogen and oxygen atoms in total. The monoisotopic (exact) mass is 136 g/mol. The fourth-order valence-electron chi connectivity index (χ4n) is 0.771. The molecule has 0 aromatic rings. The van der Waals surface area contributed by atoms with Crippen LogP contribution in [0.5, 0.6) is 0 Å². The molecule has 2 N–H and O–H groups in total. The molecule has 0 saturated heterocycles. The summed E-state index contributed by atoms with van der Waals surface area (Å²) in [6.07, 6.45) is 0.699. The van der Waals surface area contributed by atoms with Crippen molar-refractivity contribution in [2.24, 2.45) is 5.92 Å². The summed E-state index contributed by atoms with van der Waals surface area (Å²) in [7, 11) is -3.68. The summed E-state index contributed by atoms with van der Waals surface area (Å²) in [5, 5.41) is 0. The maximum Gasteiger partial charge on any atom is 0.328 e. The Balaban J connectivity index is 2.52. The van der Waals surface area contributed by atoms with Gasteiger partial charge in [0.1, 0.15) is 0 Å². The van der Waals surface area contributed by atoms with Gasteiger partial charge in [-0.3, -0.25) is 4.57 Å². The molecule has 0 aromatic carbocycles. The van der Waals surface area contributed by atoms with E-state index in [0.717, 1.165) is 0 Å². The van der Waals surface area contributed by atoms with E-state index in [1.807, 2.05) is 6.92 Å². The van der Waals surface area contributed by atoms with E-state index in [0.29, 0.717) is 6.42 Å². The first-order valence-corrected chi connectivity index (χ1v) is 4.25. The minimum Gasteiger partial charge on any atom is -0.324 e. The largest absolute Gasteiger partial charge is 0.328 e. The molecule has 1 aliphatic rings. The Kier molecular flexibility index (Phi) is 1.23. The topological polar surface area (TPSA) is 57.5 Å². The van der Waals surface area contributed by atoms with Crippen LogP contribution in [0.4, 0.5) is 0 Å². The van der Waals surface area contributed by atoms with Gasteiger partial charge in [0.2, 0.25) is 0 Å². The SMILES string of the molecule is CC1CC1P(=O)(O)O. The average molecular weight is 136 g/mol. The average Bonchev–Trinajstić information content (AvgIpc) is 2.13. The lowest BCUT2D eigenvalue weighted by atomic mass is 10.5. The lowest BCUT2D eigenvalue weighted by Gasteiger charge is -1.97. The van der Waals surface area contributed by atoms with Gasteiger partial charge in [0, 0.05) is 0 Å². The molecule has 1 rings (SSSR count). The molecule has 0 radical (unpaired) electrons. The second-order valence-corrected chi connectivity index (χ2v) is 4.21. The van der Waals surface area contributed by atoms with Gasteiger partial charge in [-0.25, -0.2) is 0 Å². The van der Waals surface area contributed by atoms with E-state index in [1.165, 1.54) is 0 Å². The van der Waals surface area contributed by atoms with Gasteiger partial charge >= 0.3 is 7.60 Å². The molecule has 4 heteroatoms. The van der Waals surface area contributed by atoms with Crippen LogP contribution in [0.2, 0.25) is 0 Å². The van der Waals surface area contributed by atoms with Crippen molar-refractivity contribution in [1.29, 1.82) is 0 Å². The fourth-order valence-corrected chi connectivity index (χ4v) is 2.04. The highest BCUT2D eigenvalue weighted by molar-refractivity contribution is 7.53. The molecule has 1 aliphatic carbocycles. The first-order chi connectivity index (χ1) is 3.52. The molecule has 0 aromatic heterocycles. The zero-order valence-corrected chi connectivity index (χ0v) is 5.51. The van der Waals surface area contributed by atoms with Crippen molar-refractivity contribution in [3.8, 4) is 0 Å². The van der Waals surface area contributed by atoms with Gasteiger partial charge < -0.3 is 9.79 Å². The van der Waals surface area contributed by atoms with Crippen LogP contribution in [0.3, 0.4) is 0 Å². The second-order valence-electron chi connectivity index (χ2n) is 2.37. The van der Waals surface area contributed by atoms with E-state index in [-0.39, 0.29) is 11.6 Å². The van der Waals surface area contributed by atoms with Gasteiger partial charge in [-0.05, 0) is 12.3 Å². The Hall–Kier alpha value is 0.150. The molecular weight excluding hydrogens is 127 g/mol. The maximum absolute atomic E-state index is 10.3. The summed E-state index contributed by atoms with van der Waals surface area (Å²) in [6, 6.07) is 0. The summed E-state index contributed by atoms with van der Waals surface area (Å²) in [5.74, 6) is 0.246. The summed E-state index contributed by atoms with van der Waals surface area (Å²) in [5.41, 5.74) is -0.317. The molecule has 0 spiro atoms. The van der Waals surface area contributed by atoms with Crippen LogP contribution >= 0.6 is 7.60 Å². The first-order valence-electron chi connectivity index (χ1n) is 2.57. The summed E-state index contributed by atoms with van der Waals surface area (Å²) < 4.78 is 10.3. The third-order valence-corrected chi connectivity index (χ3v) is 3.08. The van der Waals surface area contributed by atoms with E-state index >= 15 is 0 Å². The Labute approximate surface area is 47.9 Å². The molecule has 2 unspecified atom stereocenters. The van der Waals surface area contributed by atoms with Crippen LogP contribution in [-0.2, 0) is 4.57 Å². The van der Waals surface area contributed by atoms with Crippen molar-refractivity contribution < 1.29 is 14.4 Å². The van der Waals surface area contributed by atoms with E-state index in [9.17, 15) is 4.57 Å². The summed E-state index contributed by atoms with van der Waals surface area (Å²) >= 11 is 0. The Bertz CT molecular complexity index is 138. The van der Waals surface area contributed by atoms with Crippen molar-refractivity contribution in [2.45, 2.75) is 19.0 Å². The molecule has 1 fully saturated rings. The van der Waals surface area contributed by atoms with Gasteiger partial charge in [0.15, 0.2) is 0 Å². The van der Waals surface area contributed by atoms with Gasteiger partial charge in [0.05, 0.1) is 5.66 Å². The predicted octanol–water partition coefficient (Wildman–Crippen LogP) is 0.572. The van der Waals surface area contributed by atoms with Gasteiger partial charge in [-0.15, -0.1) is 0 Å². The highest BCUT2D eigenvalue weighted by Gasteiger charge is 2.46. The number of hydrogen-bond donors (Lipinski definition) is 2. The van der Waals surface area contributed by atoms with E-state index in [1.54, 1.807) is 0 Å². The standard InChI is InChI=1S/C4H9O3P/c1-3-2-4(3)8(5,6)7/h3-4H,2H2,1H3,(H2,5,6,7). The minimum atomic E-state index is -3.68. The van der Waals surface area contributed by atoms with E-state index in [4.69, 9.17) is 9.79 Å². The van der Waals surface area contributed by atoms with Crippen LogP contribution in [0.1, 0.15) is 13.3 Å². The number of hydrogen-bond acceptors (Lipinski definition) is 1. The molecule has 2 atom stereocenters. The number of rotatable bonds is 1. The third-order valence-electron chi connectivity index (χ3n) is 1.50. The highest BCUT2D eigenvalue weighted by atomic mass is 31.2. The van der Waals surface area contributed by atoms with Gasteiger partial charge in [-0.2, -0.15) is 0 Å². The minimum absolute atomic E-state index is 0.246. The Morgan fingerprint density at radius 3 is 2.00 bits per heavy atom. The lowest BCUT2D eigenvalue weighted by molar-refractivity contribution is 0.369. The van der Waals surface area contributed by atoms with Crippen LogP contribution < -0.4 is 0 Å². The van der Waals surface area contributed by atoms with Crippen molar-refractivity contribution in [3.05, 3.63) is 0 Å². The Morgan fingerprint density at radius 1 is 1.62 bits per heavy atom. The van der Waals surface area contributed by atoms with Crippen molar-refractivity contribution in [3.63, 3.8) is 0 Å². The van der Waals surface area contributed by atoms with Crippen LogP contribution in [0.25, 0.3) is 0 Å². The zero-order valence-electron chi connectivity index (χ0n) is 4.61. The van der Waals surface area contributed by atoms with Gasteiger partial charge in [0.25, 0.3) is 0 Å². The van der Waals surface area contributed by atoms with Crippen molar-refractivity contribution in [1.82, 2.24) is 0 Å². The molecular formula is C4H9O3P. The molecule has 1 saturated carbocycles. The van der Waals surface area contributed by atoms with Crippen LogP contribution in [-0.4, -0.2) is 15.4 Å². The van der Waals surface area contributed by atoms with Gasteiger partial charge in [-0.1, -0.05) is 6.92 Å². The molecule has 8 heavy (non-hydrogen) atoms. The molecule has 0 aliphatic heterocycles. The van der Waals surface area contributed by atoms with Crippen molar-refractivity contribution >= 4 is 7.60 Å². The maximum atomic E-state index is 10.3. The fraction of sp³-hybridized carbons (Fsp3) is 1.00. The quantitative estimate of drug-likeness (QED) is 0.518. The van der Waals surface area contributed by atoms with Crippen LogP contribution in [0.15, 0.2) is 0 Å². The summed E-state index contributed by atoms with van der Waals surface area (Å²) in [6.45, 7) is 1.85. The second kappa shape index (κ2) is 1.56.